The summed E-state index contributed by atoms with van der Waals surface area (Å²) in [6.07, 6.45) is 7.25. The second-order valence-electron chi connectivity index (χ2n) is 4.87. The van der Waals surface area contributed by atoms with Gasteiger partial charge in [-0.2, -0.15) is 11.8 Å². The highest BCUT2D eigenvalue weighted by Crippen LogP contribution is 2.14. The third kappa shape index (κ3) is 9.91. The zero-order valence-electron chi connectivity index (χ0n) is 14.3. The summed E-state index contributed by atoms with van der Waals surface area (Å²) in [6, 6.07) is 3.95. The molecule has 132 valence electrons. The first-order valence-electron chi connectivity index (χ1n) is 7.82. The summed E-state index contributed by atoms with van der Waals surface area (Å²) in [5.74, 6) is 2.73. The molecule has 0 aliphatic carbocycles. The summed E-state index contributed by atoms with van der Waals surface area (Å²) in [5, 5.41) is 6.64. The molecule has 0 unspecified atom stereocenters. The molecule has 0 saturated carbocycles. The molecule has 0 saturated heterocycles. The molecule has 0 aliphatic rings. The second kappa shape index (κ2) is 14.9. The number of thioether (sulfide) groups is 1. The highest BCUT2D eigenvalue weighted by molar-refractivity contribution is 14.0. The van der Waals surface area contributed by atoms with Crippen molar-refractivity contribution in [3.8, 4) is 5.88 Å². The van der Waals surface area contributed by atoms with E-state index in [1.165, 1.54) is 12.2 Å². The lowest BCUT2D eigenvalue weighted by Gasteiger charge is -2.13. The van der Waals surface area contributed by atoms with Crippen LogP contribution >= 0.6 is 35.7 Å². The monoisotopic (exact) mass is 452 g/mol. The van der Waals surface area contributed by atoms with Gasteiger partial charge in [0, 0.05) is 31.9 Å². The molecule has 23 heavy (non-hydrogen) atoms. The topological polar surface area (TPSA) is 58.5 Å². The van der Waals surface area contributed by atoms with Gasteiger partial charge in [0.2, 0.25) is 5.88 Å². The number of aromatic nitrogens is 1. The van der Waals surface area contributed by atoms with Gasteiger partial charge in [0.1, 0.15) is 0 Å². The number of hydrogen-bond acceptors (Lipinski definition) is 4. The second-order valence-corrected chi connectivity index (χ2v) is 5.85. The quantitative estimate of drug-likeness (QED) is 0.247. The van der Waals surface area contributed by atoms with Gasteiger partial charge in [-0.15, -0.1) is 24.0 Å². The van der Waals surface area contributed by atoms with Crippen molar-refractivity contribution in [1.29, 1.82) is 0 Å². The minimum atomic E-state index is 0. The van der Waals surface area contributed by atoms with Crippen LogP contribution in [0.5, 0.6) is 5.88 Å². The number of pyridine rings is 1. The van der Waals surface area contributed by atoms with E-state index in [1.54, 1.807) is 13.2 Å². The Morgan fingerprint density at radius 1 is 1.35 bits per heavy atom. The minimum absolute atomic E-state index is 0. The van der Waals surface area contributed by atoms with Crippen LogP contribution in [-0.2, 0) is 6.54 Å². The summed E-state index contributed by atoms with van der Waals surface area (Å²) in [4.78, 5) is 8.53. The molecule has 0 aromatic carbocycles. The number of halogens is 1. The van der Waals surface area contributed by atoms with E-state index in [4.69, 9.17) is 4.74 Å². The summed E-state index contributed by atoms with van der Waals surface area (Å²) in [6.45, 7) is 4.36. The Hall–Kier alpha value is -0.700. The standard InChI is InChI=1S/C16H28N4OS.HI/c1-4-11-21-15-14(8-7-10-18-15)13-20-16(17-2)19-9-5-6-12-22-3;/h7-8,10H,4-6,9,11-13H2,1-3H3,(H2,17,19,20);1H. The van der Waals surface area contributed by atoms with Gasteiger partial charge in [0.15, 0.2) is 5.96 Å². The number of hydrogen-bond donors (Lipinski definition) is 2. The summed E-state index contributed by atoms with van der Waals surface area (Å²) < 4.78 is 5.66. The van der Waals surface area contributed by atoms with Crippen LogP contribution in [0.3, 0.4) is 0 Å². The van der Waals surface area contributed by atoms with Crippen molar-refractivity contribution in [2.24, 2.45) is 4.99 Å². The highest BCUT2D eigenvalue weighted by atomic mass is 127. The highest BCUT2D eigenvalue weighted by Gasteiger charge is 2.05. The lowest BCUT2D eigenvalue weighted by molar-refractivity contribution is 0.301. The molecule has 0 radical (unpaired) electrons. The average molecular weight is 452 g/mol. The fourth-order valence-corrected chi connectivity index (χ4v) is 2.36. The normalized spacial score (nSPS) is 10.8. The Balaban J connectivity index is 0.00000484. The van der Waals surface area contributed by atoms with Gasteiger partial charge < -0.3 is 15.4 Å². The van der Waals surface area contributed by atoms with Gasteiger partial charge in [0.05, 0.1) is 6.61 Å². The zero-order chi connectivity index (χ0) is 16.0. The molecule has 0 amide bonds. The van der Waals surface area contributed by atoms with E-state index in [1.807, 2.05) is 23.9 Å². The first-order chi connectivity index (χ1) is 10.8. The van der Waals surface area contributed by atoms with Crippen molar-refractivity contribution in [3.05, 3.63) is 23.9 Å². The molecule has 2 N–H and O–H groups in total. The maximum absolute atomic E-state index is 5.66. The smallest absolute Gasteiger partial charge is 0.218 e. The largest absolute Gasteiger partial charge is 0.477 e. The van der Waals surface area contributed by atoms with Gasteiger partial charge in [-0.3, -0.25) is 4.99 Å². The number of rotatable bonds is 10. The molecule has 0 aliphatic heterocycles. The maximum Gasteiger partial charge on any atom is 0.218 e. The molecule has 0 atom stereocenters. The summed E-state index contributed by atoms with van der Waals surface area (Å²) >= 11 is 1.89. The van der Waals surface area contributed by atoms with Crippen LogP contribution in [0.2, 0.25) is 0 Å². The van der Waals surface area contributed by atoms with Gasteiger partial charge in [-0.25, -0.2) is 4.98 Å². The Labute approximate surface area is 161 Å². The van der Waals surface area contributed by atoms with Gasteiger partial charge in [-0.05, 0) is 37.3 Å². The van der Waals surface area contributed by atoms with E-state index in [9.17, 15) is 0 Å². The first kappa shape index (κ1) is 22.3. The predicted octanol–water partition coefficient (Wildman–Crippen LogP) is 3.30. The van der Waals surface area contributed by atoms with Crippen molar-refractivity contribution in [3.63, 3.8) is 0 Å². The molecule has 5 nitrogen and oxygen atoms in total. The van der Waals surface area contributed by atoms with Crippen LogP contribution in [0, 0.1) is 0 Å². The number of guanidine groups is 1. The molecule has 0 spiro atoms. The fourth-order valence-electron chi connectivity index (χ4n) is 1.87. The van der Waals surface area contributed by atoms with Crippen LogP contribution in [-0.4, -0.2) is 43.2 Å². The van der Waals surface area contributed by atoms with E-state index in [2.05, 4.69) is 33.8 Å². The molecule has 1 heterocycles. The van der Waals surface area contributed by atoms with Crippen LogP contribution in [0.4, 0.5) is 0 Å². The molecule has 1 rings (SSSR count). The third-order valence-corrected chi connectivity index (χ3v) is 3.73. The molecule has 0 bridgehead atoms. The molecule has 0 fully saturated rings. The number of unbranched alkanes of at least 4 members (excludes halogenated alkanes) is 1. The zero-order valence-corrected chi connectivity index (χ0v) is 17.4. The maximum atomic E-state index is 5.66. The van der Waals surface area contributed by atoms with Crippen LogP contribution in [0.15, 0.2) is 23.3 Å². The molecular weight excluding hydrogens is 423 g/mol. The van der Waals surface area contributed by atoms with Crippen molar-refractivity contribution in [2.45, 2.75) is 32.7 Å². The minimum Gasteiger partial charge on any atom is -0.477 e. The Morgan fingerprint density at radius 3 is 2.87 bits per heavy atom. The first-order valence-corrected chi connectivity index (χ1v) is 9.21. The van der Waals surface area contributed by atoms with Gasteiger partial charge >= 0.3 is 0 Å². The van der Waals surface area contributed by atoms with Crippen molar-refractivity contribution in [2.75, 3.05) is 32.2 Å². The van der Waals surface area contributed by atoms with Crippen LogP contribution < -0.4 is 15.4 Å². The molecule has 1 aromatic heterocycles. The molecule has 7 heteroatoms. The summed E-state index contributed by atoms with van der Waals surface area (Å²) in [5.41, 5.74) is 1.04. The van der Waals surface area contributed by atoms with E-state index in [0.717, 1.165) is 30.9 Å². The van der Waals surface area contributed by atoms with Crippen molar-refractivity contribution >= 4 is 41.7 Å². The van der Waals surface area contributed by atoms with Crippen molar-refractivity contribution in [1.82, 2.24) is 15.6 Å². The van der Waals surface area contributed by atoms with Gasteiger partial charge in [0.25, 0.3) is 0 Å². The van der Waals surface area contributed by atoms with E-state index >= 15 is 0 Å². The SMILES string of the molecule is CCCOc1ncccc1CNC(=NC)NCCCCSC.I. The Kier molecular flexibility index (Phi) is 14.4. The van der Waals surface area contributed by atoms with E-state index in [-0.39, 0.29) is 24.0 Å². The van der Waals surface area contributed by atoms with Gasteiger partial charge in [-0.1, -0.05) is 13.0 Å². The lowest BCUT2D eigenvalue weighted by Crippen LogP contribution is -2.37. The summed E-state index contributed by atoms with van der Waals surface area (Å²) in [7, 11) is 1.79. The number of nitrogens with zero attached hydrogens (tertiary/aromatic N) is 2. The Bertz CT molecular complexity index is 446. The van der Waals surface area contributed by atoms with Crippen molar-refractivity contribution < 1.29 is 4.74 Å². The van der Waals surface area contributed by atoms with Crippen LogP contribution in [0.25, 0.3) is 0 Å². The average Bonchev–Trinajstić information content (AvgIpc) is 2.56. The molecular formula is C16H29IN4OS. The molecule has 1 aromatic rings. The number of ether oxygens (including phenoxy) is 1. The number of nitrogens with one attached hydrogen (secondary N) is 2. The predicted molar refractivity (Wildman–Crippen MR) is 111 cm³/mol. The lowest BCUT2D eigenvalue weighted by atomic mass is 10.2. The van der Waals surface area contributed by atoms with E-state index < -0.39 is 0 Å². The third-order valence-electron chi connectivity index (χ3n) is 3.03. The van der Waals surface area contributed by atoms with E-state index in [0.29, 0.717) is 19.0 Å². The van der Waals surface area contributed by atoms with Crippen LogP contribution in [0.1, 0.15) is 31.7 Å². The fraction of sp³-hybridized carbons (Fsp3) is 0.625. The number of aliphatic imine (C=N–C) groups is 1. The Morgan fingerprint density at radius 2 is 2.17 bits per heavy atom.